The van der Waals surface area contributed by atoms with E-state index >= 15 is 0 Å². The molecule has 28 heavy (non-hydrogen) atoms. The lowest BCUT2D eigenvalue weighted by Gasteiger charge is -2.03. The molecule has 0 spiro atoms. The van der Waals surface area contributed by atoms with Gasteiger partial charge in [0.05, 0.1) is 17.9 Å². The molecular weight excluding hydrogens is 372 g/mol. The molecule has 0 radical (unpaired) electrons. The summed E-state index contributed by atoms with van der Waals surface area (Å²) >= 11 is 1.42. The van der Waals surface area contributed by atoms with Crippen molar-refractivity contribution in [1.29, 1.82) is 5.26 Å². The summed E-state index contributed by atoms with van der Waals surface area (Å²) in [5, 5.41) is 12.1. The normalized spacial score (nSPS) is 11.0. The summed E-state index contributed by atoms with van der Waals surface area (Å²) in [7, 11) is 0. The Balaban J connectivity index is 1.80. The molecule has 0 unspecified atom stereocenters. The number of hydrogen-bond donors (Lipinski definition) is 0. The number of thiazole rings is 1. The lowest BCUT2D eigenvalue weighted by Crippen LogP contribution is -2.00. The van der Waals surface area contributed by atoms with Crippen molar-refractivity contribution in [2.45, 2.75) is 13.8 Å². The van der Waals surface area contributed by atoms with Gasteiger partial charge in [0, 0.05) is 17.9 Å². The summed E-state index contributed by atoms with van der Waals surface area (Å²) in [5.41, 5.74) is 3.08. The topological polar surface area (TPSA) is 72.2 Å². The molecule has 0 saturated heterocycles. The van der Waals surface area contributed by atoms with Crippen molar-refractivity contribution in [2.24, 2.45) is 0 Å². The maximum absolute atomic E-state index is 11.0. The maximum atomic E-state index is 11.0. The van der Waals surface area contributed by atoms with Crippen molar-refractivity contribution >= 4 is 29.0 Å². The average molecular weight is 390 g/mol. The molecule has 0 amide bonds. The zero-order valence-electron chi connectivity index (χ0n) is 15.5. The molecule has 0 aliphatic carbocycles. The number of rotatable bonds is 6. The van der Waals surface area contributed by atoms with Crippen LogP contribution in [0.15, 0.2) is 53.9 Å². The number of carbonyl (C=O) groups excluding carboxylic acids is 1. The highest BCUT2D eigenvalue weighted by atomic mass is 32.1. The van der Waals surface area contributed by atoms with Gasteiger partial charge in [-0.3, -0.25) is 4.79 Å². The first-order valence-electron chi connectivity index (χ1n) is 8.68. The van der Waals surface area contributed by atoms with Gasteiger partial charge in [-0.1, -0.05) is 12.1 Å². The second kappa shape index (κ2) is 8.98. The summed E-state index contributed by atoms with van der Waals surface area (Å²) in [5.74, 6) is 0.914. The van der Waals surface area contributed by atoms with Crippen LogP contribution in [-0.2, 0) is 4.79 Å². The summed E-state index contributed by atoms with van der Waals surface area (Å²) < 4.78 is 10.5. The van der Waals surface area contributed by atoms with Gasteiger partial charge in [-0.2, -0.15) is 5.26 Å². The van der Waals surface area contributed by atoms with Crippen LogP contribution in [0.25, 0.3) is 22.9 Å². The van der Waals surface area contributed by atoms with Crippen LogP contribution < -0.4 is 9.47 Å². The average Bonchev–Trinajstić information content (AvgIpc) is 3.18. The van der Waals surface area contributed by atoms with E-state index in [0.29, 0.717) is 22.9 Å². The van der Waals surface area contributed by atoms with Crippen LogP contribution in [0.1, 0.15) is 24.4 Å². The summed E-state index contributed by atoms with van der Waals surface area (Å²) in [6, 6.07) is 16.9. The van der Waals surface area contributed by atoms with Gasteiger partial charge in [-0.15, -0.1) is 11.3 Å². The quantitative estimate of drug-likeness (QED) is 0.329. The molecule has 3 aromatic rings. The standard InChI is InChI=1S/C22H18N2O3S/c1-3-26-19-10-6-17(7-11-19)21-14-28-22(24-21)18(13-23)12-16-4-8-20(9-5-16)27-15(2)25/h4-12,14H,3H2,1-2H3/b18-12+. The highest BCUT2D eigenvalue weighted by molar-refractivity contribution is 7.11. The molecule has 0 N–H and O–H groups in total. The summed E-state index contributed by atoms with van der Waals surface area (Å²) in [6.07, 6.45) is 1.76. The Morgan fingerprint density at radius 3 is 2.43 bits per heavy atom. The number of benzene rings is 2. The molecule has 0 aliphatic heterocycles. The van der Waals surface area contributed by atoms with Crippen LogP contribution in [0.2, 0.25) is 0 Å². The molecule has 0 atom stereocenters. The number of ether oxygens (including phenoxy) is 2. The van der Waals surface area contributed by atoms with Crippen molar-refractivity contribution in [1.82, 2.24) is 4.98 Å². The second-order valence-corrected chi connectivity index (χ2v) is 6.69. The molecule has 0 fully saturated rings. The molecule has 1 heterocycles. The Kier molecular flexibility index (Phi) is 6.20. The molecule has 0 aliphatic rings. The first kappa shape index (κ1) is 19.3. The van der Waals surface area contributed by atoms with E-state index in [1.807, 2.05) is 36.6 Å². The van der Waals surface area contributed by atoms with Gasteiger partial charge in [0.2, 0.25) is 0 Å². The highest BCUT2D eigenvalue weighted by Gasteiger charge is 2.09. The van der Waals surface area contributed by atoms with Crippen LogP contribution >= 0.6 is 11.3 Å². The fourth-order valence-corrected chi connectivity index (χ4v) is 3.32. The van der Waals surface area contributed by atoms with E-state index in [1.54, 1.807) is 30.3 Å². The Morgan fingerprint density at radius 2 is 1.82 bits per heavy atom. The lowest BCUT2D eigenvalue weighted by molar-refractivity contribution is -0.131. The van der Waals surface area contributed by atoms with Gasteiger partial charge in [0.15, 0.2) is 0 Å². The molecule has 1 aromatic heterocycles. The van der Waals surface area contributed by atoms with Crippen LogP contribution in [0, 0.1) is 11.3 Å². The largest absolute Gasteiger partial charge is 0.494 e. The number of carbonyl (C=O) groups is 1. The third kappa shape index (κ3) is 4.84. The number of esters is 1. The molecule has 140 valence electrons. The fourth-order valence-electron chi connectivity index (χ4n) is 2.53. The predicted molar refractivity (Wildman–Crippen MR) is 110 cm³/mol. The van der Waals surface area contributed by atoms with Crippen molar-refractivity contribution < 1.29 is 14.3 Å². The van der Waals surface area contributed by atoms with Crippen molar-refractivity contribution in [2.75, 3.05) is 6.61 Å². The van der Waals surface area contributed by atoms with Gasteiger partial charge >= 0.3 is 5.97 Å². The van der Waals surface area contributed by atoms with Crippen molar-refractivity contribution in [3.05, 3.63) is 64.5 Å². The smallest absolute Gasteiger partial charge is 0.308 e. The van der Waals surface area contributed by atoms with Crippen molar-refractivity contribution in [3.63, 3.8) is 0 Å². The summed E-state index contributed by atoms with van der Waals surface area (Å²) in [4.78, 5) is 15.6. The van der Waals surface area contributed by atoms with Crippen LogP contribution in [0.5, 0.6) is 11.5 Å². The third-order valence-corrected chi connectivity index (χ3v) is 4.64. The van der Waals surface area contributed by atoms with Gasteiger partial charge in [-0.05, 0) is 55.0 Å². The molecule has 3 rings (SSSR count). The maximum Gasteiger partial charge on any atom is 0.308 e. The zero-order chi connectivity index (χ0) is 19.9. The molecule has 6 heteroatoms. The van der Waals surface area contributed by atoms with E-state index in [4.69, 9.17) is 9.47 Å². The van der Waals surface area contributed by atoms with Gasteiger partial charge in [0.1, 0.15) is 22.6 Å². The number of nitriles is 1. The second-order valence-electron chi connectivity index (χ2n) is 5.83. The number of allylic oxidation sites excluding steroid dienone is 1. The number of nitrogens with zero attached hydrogens (tertiary/aromatic N) is 2. The predicted octanol–water partition coefficient (Wildman–Crippen LogP) is 5.20. The van der Waals surface area contributed by atoms with E-state index in [2.05, 4.69) is 11.1 Å². The molecular formula is C22H18N2O3S. The molecule has 0 saturated carbocycles. The van der Waals surface area contributed by atoms with Crippen LogP contribution in [0.3, 0.4) is 0 Å². The Bertz CT molecular complexity index is 1030. The van der Waals surface area contributed by atoms with Crippen molar-refractivity contribution in [3.8, 4) is 28.8 Å². The molecule has 5 nitrogen and oxygen atoms in total. The van der Waals surface area contributed by atoms with E-state index in [9.17, 15) is 10.1 Å². The number of aromatic nitrogens is 1. The first-order chi connectivity index (χ1) is 13.6. The number of hydrogen-bond acceptors (Lipinski definition) is 6. The fraction of sp³-hybridized carbons (Fsp3) is 0.136. The van der Waals surface area contributed by atoms with E-state index in [-0.39, 0.29) is 5.97 Å². The van der Waals surface area contributed by atoms with Gasteiger partial charge in [-0.25, -0.2) is 4.98 Å². The SMILES string of the molecule is CCOc1ccc(-c2csc(/C(C#N)=C/c3ccc(OC(C)=O)cc3)n2)cc1. The Hall–Kier alpha value is -3.43. The third-order valence-electron chi connectivity index (χ3n) is 3.77. The minimum atomic E-state index is -0.370. The highest BCUT2D eigenvalue weighted by Crippen LogP contribution is 2.28. The lowest BCUT2D eigenvalue weighted by atomic mass is 10.1. The molecule has 2 aromatic carbocycles. The zero-order valence-corrected chi connectivity index (χ0v) is 16.3. The van der Waals surface area contributed by atoms with Gasteiger partial charge in [0.25, 0.3) is 0 Å². The van der Waals surface area contributed by atoms with Crippen LogP contribution in [0.4, 0.5) is 0 Å². The Labute approximate surface area is 167 Å². The van der Waals surface area contributed by atoms with E-state index < -0.39 is 0 Å². The minimum absolute atomic E-state index is 0.370. The minimum Gasteiger partial charge on any atom is -0.494 e. The summed E-state index contributed by atoms with van der Waals surface area (Å²) in [6.45, 7) is 3.92. The van der Waals surface area contributed by atoms with Crippen LogP contribution in [-0.4, -0.2) is 17.6 Å². The van der Waals surface area contributed by atoms with E-state index in [0.717, 1.165) is 22.6 Å². The monoisotopic (exact) mass is 390 g/mol. The van der Waals surface area contributed by atoms with E-state index in [1.165, 1.54) is 18.3 Å². The van der Waals surface area contributed by atoms with Gasteiger partial charge < -0.3 is 9.47 Å². The molecule has 0 bridgehead atoms. The Morgan fingerprint density at radius 1 is 1.14 bits per heavy atom. The first-order valence-corrected chi connectivity index (χ1v) is 9.56.